The van der Waals surface area contributed by atoms with Crippen molar-refractivity contribution in [3.63, 3.8) is 0 Å². The van der Waals surface area contributed by atoms with E-state index in [1.807, 2.05) is 44.2 Å². The highest BCUT2D eigenvalue weighted by molar-refractivity contribution is 5.91. The molecule has 1 N–H and O–H groups in total. The first-order chi connectivity index (χ1) is 18.2. The van der Waals surface area contributed by atoms with Gasteiger partial charge in [-0.1, -0.05) is 68.4 Å². The fourth-order valence-electron chi connectivity index (χ4n) is 4.52. The molecule has 198 valence electrons. The van der Waals surface area contributed by atoms with E-state index < -0.39 is 18.2 Å². The highest BCUT2D eigenvalue weighted by atomic mass is 19.1. The van der Waals surface area contributed by atoms with Crippen LogP contribution in [0.15, 0.2) is 78.9 Å². The molecule has 0 radical (unpaired) electrons. The van der Waals surface area contributed by atoms with E-state index in [1.165, 1.54) is 17.0 Å². The quantitative estimate of drug-likeness (QED) is 0.405. The molecule has 0 aromatic heterocycles. The minimum atomic E-state index is -0.956. The molecule has 1 saturated heterocycles. The van der Waals surface area contributed by atoms with Crippen molar-refractivity contribution in [2.75, 3.05) is 12.4 Å². The lowest BCUT2D eigenvalue weighted by Crippen LogP contribution is -2.46. The highest BCUT2D eigenvalue weighted by Gasteiger charge is 2.48. The summed E-state index contributed by atoms with van der Waals surface area (Å²) >= 11 is 0. The zero-order valence-electron chi connectivity index (χ0n) is 21.8. The minimum absolute atomic E-state index is 0.0794. The van der Waals surface area contributed by atoms with Crippen LogP contribution in [0.4, 0.5) is 14.9 Å². The van der Waals surface area contributed by atoms with E-state index in [4.69, 9.17) is 4.74 Å². The van der Waals surface area contributed by atoms with Crippen LogP contribution in [-0.4, -0.2) is 40.8 Å². The van der Waals surface area contributed by atoms with E-state index >= 15 is 0 Å². The summed E-state index contributed by atoms with van der Waals surface area (Å²) in [5.74, 6) is -0.590. The first kappa shape index (κ1) is 26.9. The third-order valence-electron chi connectivity index (χ3n) is 6.34. The Morgan fingerprint density at radius 3 is 2.39 bits per heavy atom. The van der Waals surface area contributed by atoms with Gasteiger partial charge in [-0.25, -0.2) is 9.18 Å². The van der Waals surface area contributed by atoms with Gasteiger partial charge in [-0.3, -0.25) is 14.5 Å². The molecule has 1 aliphatic rings. The number of cyclic esters (lactones) is 1. The summed E-state index contributed by atoms with van der Waals surface area (Å²) in [5.41, 5.74) is 2.77. The number of nitrogens with one attached hydrogen (secondary N) is 1. The third kappa shape index (κ3) is 6.56. The molecule has 7 nitrogen and oxygen atoms in total. The van der Waals surface area contributed by atoms with Gasteiger partial charge < -0.3 is 15.0 Å². The van der Waals surface area contributed by atoms with E-state index in [-0.39, 0.29) is 30.1 Å². The summed E-state index contributed by atoms with van der Waals surface area (Å²) in [6.07, 6.45) is -1.16. The van der Waals surface area contributed by atoms with E-state index in [2.05, 4.69) is 5.32 Å². The SMILES string of the molecule is CC(C)CC(=O)Nc1cccc(C2OC(=O)N(Cc3ccc(F)cc3)C2C(=O)N(C)Cc2ccccc2)c1. The number of hydrogen-bond acceptors (Lipinski definition) is 4. The van der Waals surface area contributed by atoms with Crippen LogP contribution in [0.1, 0.15) is 43.1 Å². The molecule has 4 rings (SSSR count). The van der Waals surface area contributed by atoms with Crippen molar-refractivity contribution < 1.29 is 23.5 Å². The fraction of sp³-hybridized carbons (Fsp3) is 0.300. The van der Waals surface area contributed by atoms with Crippen LogP contribution in [-0.2, 0) is 27.4 Å². The van der Waals surface area contributed by atoms with Gasteiger partial charge in [0.25, 0.3) is 0 Å². The number of carbonyl (C=O) groups excluding carboxylic acids is 3. The van der Waals surface area contributed by atoms with Gasteiger partial charge in [0.1, 0.15) is 5.82 Å². The lowest BCUT2D eigenvalue weighted by Gasteiger charge is -2.28. The lowest BCUT2D eigenvalue weighted by atomic mass is 9.99. The molecule has 0 saturated carbocycles. The van der Waals surface area contributed by atoms with Gasteiger partial charge >= 0.3 is 6.09 Å². The van der Waals surface area contributed by atoms with E-state index in [0.29, 0.717) is 29.8 Å². The van der Waals surface area contributed by atoms with Gasteiger partial charge in [0.05, 0.1) is 6.54 Å². The predicted molar refractivity (Wildman–Crippen MR) is 142 cm³/mol. The standard InChI is InChI=1S/C30H32FN3O4/c1-20(2)16-26(35)32-25-11-7-10-23(17-25)28-27(29(36)33(3)18-21-8-5-4-6-9-21)34(30(37)38-28)19-22-12-14-24(31)15-13-22/h4-15,17,20,27-28H,16,18-19H2,1-3H3,(H,32,35). The molecule has 3 aromatic rings. The lowest BCUT2D eigenvalue weighted by molar-refractivity contribution is -0.136. The molecule has 38 heavy (non-hydrogen) atoms. The number of carbonyl (C=O) groups is 3. The summed E-state index contributed by atoms with van der Waals surface area (Å²) in [5, 5.41) is 2.88. The second-order valence-corrected chi connectivity index (χ2v) is 9.96. The van der Waals surface area contributed by atoms with Crippen LogP contribution in [0.5, 0.6) is 0 Å². The molecule has 0 spiro atoms. The maximum absolute atomic E-state index is 13.8. The predicted octanol–water partition coefficient (Wildman–Crippen LogP) is 5.53. The fourth-order valence-corrected chi connectivity index (χ4v) is 4.52. The van der Waals surface area contributed by atoms with Gasteiger partial charge in [0, 0.05) is 25.7 Å². The first-order valence-electron chi connectivity index (χ1n) is 12.6. The maximum atomic E-state index is 13.8. The normalized spacial score (nSPS) is 16.9. The van der Waals surface area contributed by atoms with Crippen LogP contribution in [0.3, 0.4) is 0 Å². The van der Waals surface area contributed by atoms with Gasteiger partial charge in [-0.2, -0.15) is 0 Å². The summed E-state index contributed by atoms with van der Waals surface area (Å²) in [7, 11) is 1.69. The van der Waals surface area contributed by atoms with Gasteiger partial charge in [0.15, 0.2) is 12.1 Å². The number of likely N-dealkylation sites (N-methyl/N-ethyl adjacent to an activating group) is 1. The summed E-state index contributed by atoms with van der Waals surface area (Å²) in [6, 6.07) is 21.4. The van der Waals surface area contributed by atoms with Crippen molar-refractivity contribution in [2.45, 2.75) is 45.5 Å². The minimum Gasteiger partial charge on any atom is -0.438 e. The number of amides is 3. The molecular formula is C30H32FN3O4. The Morgan fingerprint density at radius 1 is 1.00 bits per heavy atom. The summed E-state index contributed by atoms with van der Waals surface area (Å²) in [4.78, 5) is 42.2. The van der Waals surface area contributed by atoms with Crippen molar-refractivity contribution in [2.24, 2.45) is 5.92 Å². The Bertz CT molecular complexity index is 1280. The third-order valence-corrected chi connectivity index (χ3v) is 6.34. The van der Waals surface area contributed by atoms with Gasteiger partial charge in [-0.15, -0.1) is 0 Å². The van der Waals surface area contributed by atoms with Crippen molar-refractivity contribution in [3.8, 4) is 0 Å². The molecule has 2 atom stereocenters. The Morgan fingerprint density at radius 2 is 1.71 bits per heavy atom. The zero-order valence-corrected chi connectivity index (χ0v) is 21.8. The molecule has 1 fully saturated rings. The first-order valence-corrected chi connectivity index (χ1v) is 12.6. The molecule has 1 heterocycles. The number of anilines is 1. The molecule has 8 heteroatoms. The zero-order chi connectivity index (χ0) is 27.2. The van der Waals surface area contributed by atoms with E-state index in [0.717, 1.165) is 5.56 Å². The number of nitrogens with zero attached hydrogens (tertiary/aromatic N) is 2. The topological polar surface area (TPSA) is 79.0 Å². The van der Waals surface area contributed by atoms with Crippen molar-refractivity contribution in [3.05, 3.63) is 101 Å². The molecule has 2 unspecified atom stereocenters. The number of halogens is 1. The van der Waals surface area contributed by atoms with Crippen LogP contribution >= 0.6 is 0 Å². The number of benzene rings is 3. The van der Waals surface area contributed by atoms with E-state index in [9.17, 15) is 18.8 Å². The monoisotopic (exact) mass is 517 g/mol. The van der Waals surface area contributed by atoms with Crippen molar-refractivity contribution in [1.29, 1.82) is 0 Å². The molecule has 0 bridgehead atoms. The molecule has 3 aromatic carbocycles. The second kappa shape index (κ2) is 11.9. The number of ether oxygens (including phenoxy) is 1. The number of hydrogen-bond donors (Lipinski definition) is 1. The summed E-state index contributed by atoms with van der Waals surface area (Å²) in [6.45, 7) is 4.36. The highest BCUT2D eigenvalue weighted by Crippen LogP contribution is 2.36. The van der Waals surface area contributed by atoms with Crippen LogP contribution in [0.2, 0.25) is 0 Å². The molecular weight excluding hydrogens is 485 g/mol. The maximum Gasteiger partial charge on any atom is 0.411 e. The second-order valence-electron chi connectivity index (χ2n) is 9.96. The molecule has 0 aliphatic carbocycles. The molecule has 3 amide bonds. The summed E-state index contributed by atoms with van der Waals surface area (Å²) < 4.78 is 19.2. The Kier molecular flexibility index (Phi) is 8.41. The van der Waals surface area contributed by atoms with Crippen molar-refractivity contribution in [1.82, 2.24) is 9.80 Å². The van der Waals surface area contributed by atoms with Gasteiger partial charge in [-0.05, 0) is 46.9 Å². The smallest absolute Gasteiger partial charge is 0.411 e. The van der Waals surface area contributed by atoms with Crippen molar-refractivity contribution >= 4 is 23.6 Å². The Hall–Kier alpha value is -4.20. The number of rotatable bonds is 9. The average Bonchev–Trinajstić information content (AvgIpc) is 3.20. The molecule has 1 aliphatic heterocycles. The average molecular weight is 518 g/mol. The van der Waals surface area contributed by atoms with Crippen LogP contribution < -0.4 is 5.32 Å². The largest absolute Gasteiger partial charge is 0.438 e. The Balaban J connectivity index is 1.63. The van der Waals surface area contributed by atoms with Crippen LogP contribution in [0.25, 0.3) is 0 Å². The van der Waals surface area contributed by atoms with E-state index in [1.54, 1.807) is 48.3 Å². The van der Waals surface area contributed by atoms with Crippen LogP contribution in [0, 0.1) is 11.7 Å². The van der Waals surface area contributed by atoms with Gasteiger partial charge in [0.2, 0.25) is 11.8 Å². The Labute approximate surface area is 222 Å².